The minimum absolute atomic E-state index is 0.0465. The van der Waals surface area contributed by atoms with E-state index in [2.05, 4.69) is 66.8 Å². The molecule has 0 saturated heterocycles. The Morgan fingerprint density at radius 1 is 0.929 bits per heavy atom. The number of nitro groups is 1. The number of nitrogens with one attached hydrogen (secondary N) is 1. The van der Waals surface area contributed by atoms with Crippen LogP contribution in [0.5, 0.6) is 0 Å². The summed E-state index contributed by atoms with van der Waals surface area (Å²) in [6.07, 6.45) is 15.2. The van der Waals surface area contributed by atoms with Crippen molar-refractivity contribution in [2.75, 3.05) is 14.2 Å². The van der Waals surface area contributed by atoms with E-state index in [0.717, 1.165) is 18.3 Å². The van der Waals surface area contributed by atoms with Gasteiger partial charge in [-0.25, -0.2) is 9.59 Å². The van der Waals surface area contributed by atoms with Gasteiger partial charge in [-0.15, -0.1) is 0 Å². The number of carbonyl (C=O) groups is 2. The highest BCUT2D eigenvalue weighted by atomic mass is 16.6. The first-order chi connectivity index (χ1) is 26.2. The zero-order valence-corrected chi connectivity index (χ0v) is 36.2. The van der Waals surface area contributed by atoms with Crippen LogP contribution in [0.2, 0.25) is 0 Å². The summed E-state index contributed by atoms with van der Waals surface area (Å²) in [7, 11) is 2.42. The van der Waals surface area contributed by atoms with E-state index in [1.807, 2.05) is 11.1 Å². The second-order valence-electron chi connectivity index (χ2n) is 19.0. The molecule has 0 aromatic heterocycles. The predicted octanol–water partition coefficient (Wildman–Crippen LogP) is 10.7. The number of aliphatic hydroxyl groups excluding tert-OH is 1. The highest BCUT2D eigenvalue weighted by Gasteiger charge is 2.63. The van der Waals surface area contributed by atoms with Gasteiger partial charge in [0, 0.05) is 23.0 Å². The number of para-hydroxylation sites is 1. The topological polar surface area (TPSA) is 128 Å². The number of aliphatic hydroxyl groups is 1. The van der Waals surface area contributed by atoms with Crippen LogP contribution in [0.4, 0.5) is 5.69 Å². The van der Waals surface area contributed by atoms with Crippen molar-refractivity contribution in [3.8, 4) is 0 Å². The summed E-state index contributed by atoms with van der Waals surface area (Å²) >= 11 is 0. The van der Waals surface area contributed by atoms with E-state index < -0.39 is 22.8 Å². The number of ether oxygens (including phenoxy) is 2. The summed E-state index contributed by atoms with van der Waals surface area (Å²) in [5.74, 6) is -0.00460. The van der Waals surface area contributed by atoms with Gasteiger partial charge in [0.2, 0.25) is 0 Å². The second-order valence-corrected chi connectivity index (χ2v) is 19.0. The Balaban J connectivity index is 0.000000220. The van der Waals surface area contributed by atoms with Crippen LogP contribution in [0.3, 0.4) is 0 Å². The Morgan fingerprint density at radius 3 is 2.11 bits per heavy atom. The zero-order valence-electron chi connectivity index (χ0n) is 36.2. The molecule has 56 heavy (non-hydrogen) atoms. The molecule has 7 atom stereocenters. The number of allylic oxidation sites excluding steroid dienone is 6. The van der Waals surface area contributed by atoms with Crippen molar-refractivity contribution in [3.05, 3.63) is 85.3 Å². The summed E-state index contributed by atoms with van der Waals surface area (Å²) < 4.78 is 9.66. The number of benzene rings is 1. The third kappa shape index (κ3) is 7.31. The zero-order chi connectivity index (χ0) is 41.5. The minimum Gasteiger partial charge on any atom is -0.466 e. The molecule has 9 nitrogen and oxygen atoms in total. The Labute approximate surface area is 335 Å². The smallest absolute Gasteiger partial charge is 0.336 e. The maximum absolute atomic E-state index is 12.3. The monoisotopic (exact) mass is 773 g/mol. The Kier molecular flexibility index (Phi) is 12.6. The first-order valence-electron chi connectivity index (χ1n) is 20.8. The van der Waals surface area contributed by atoms with Crippen LogP contribution in [0.25, 0.3) is 0 Å². The van der Waals surface area contributed by atoms with Crippen LogP contribution >= 0.6 is 0 Å². The van der Waals surface area contributed by atoms with Gasteiger partial charge in [-0.05, 0) is 131 Å². The van der Waals surface area contributed by atoms with Crippen LogP contribution < -0.4 is 5.32 Å². The number of hydrogen-bond donors (Lipinski definition) is 2. The Hall–Kier alpha value is -3.72. The van der Waals surface area contributed by atoms with Gasteiger partial charge in [0.15, 0.2) is 0 Å². The van der Waals surface area contributed by atoms with Crippen molar-refractivity contribution in [3.63, 3.8) is 0 Å². The molecule has 1 heterocycles. The molecule has 0 amide bonds. The van der Waals surface area contributed by atoms with Gasteiger partial charge < -0.3 is 19.9 Å². The van der Waals surface area contributed by atoms with Crippen LogP contribution in [0.15, 0.2) is 69.6 Å². The number of dihydropyridines is 1. The molecule has 0 bridgehead atoms. The van der Waals surface area contributed by atoms with Crippen molar-refractivity contribution in [1.29, 1.82) is 0 Å². The maximum atomic E-state index is 12.3. The molecule has 308 valence electrons. The highest BCUT2D eigenvalue weighted by Crippen LogP contribution is 2.72. The third-order valence-electron chi connectivity index (χ3n) is 15.7. The lowest BCUT2D eigenvalue weighted by molar-refractivity contribution is -0.385. The number of fused-ring (bicyclic) bond motifs is 4. The lowest BCUT2D eigenvalue weighted by atomic mass is 9.43. The van der Waals surface area contributed by atoms with E-state index >= 15 is 0 Å². The molecule has 4 aliphatic carbocycles. The van der Waals surface area contributed by atoms with E-state index in [1.165, 1.54) is 95.8 Å². The molecular formula is C47H68N2O7. The summed E-state index contributed by atoms with van der Waals surface area (Å²) in [6, 6.07) is 5.97. The van der Waals surface area contributed by atoms with Gasteiger partial charge in [-0.2, -0.15) is 0 Å². The summed E-state index contributed by atoms with van der Waals surface area (Å²) in [6.45, 7) is 22.9. The average molecular weight is 773 g/mol. The quantitative estimate of drug-likeness (QED) is 0.116. The lowest BCUT2D eigenvalue weighted by Crippen LogP contribution is -2.55. The van der Waals surface area contributed by atoms with Crippen LogP contribution in [0.1, 0.15) is 145 Å². The van der Waals surface area contributed by atoms with Gasteiger partial charge in [-0.1, -0.05) is 82.5 Å². The average Bonchev–Trinajstić information content (AvgIpc) is 3.43. The summed E-state index contributed by atoms with van der Waals surface area (Å²) in [5.41, 5.74) is 7.60. The molecular weight excluding hydrogens is 705 g/mol. The number of nitrogens with zero attached hydrogens (tertiary/aromatic N) is 1. The van der Waals surface area contributed by atoms with Crippen LogP contribution in [-0.2, 0) is 19.1 Å². The first-order valence-corrected chi connectivity index (χ1v) is 20.8. The molecule has 1 aromatic rings. The van der Waals surface area contributed by atoms with E-state index in [9.17, 15) is 24.8 Å². The molecule has 1 aromatic carbocycles. The van der Waals surface area contributed by atoms with E-state index in [-0.39, 0.29) is 33.9 Å². The van der Waals surface area contributed by atoms with Gasteiger partial charge in [0.1, 0.15) is 0 Å². The SMILES string of the molecule is CC(C)=CCCC(C)C1CCC2(C)C3=C(CCC12C)C1(C)CCC(O)C(C)(C)C1CC3.COC(=O)C1=C(C)NC(C)=C(C(=O)OC)C1c1ccccc1[N+](=O)[O-]. The number of nitro benzene ring substituents is 1. The highest BCUT2D eigenvalue weighted by molar-refractivity contribution is 6.00. The number of carbonyl (C=O) groups excluding carboxylic acids is 2. The molecule has 0 radical (unpaired) electrons. The molecule has 7 unspecified atom stereocenters. The van der Waals surface area contributed by atoms with Crippen molar-refractivity contribution in [1.82, 2.24) is 5.32 Å². The standard InChI is InChI=1S/C30H50O.C17H18N2O6/c1-20(2)10-9-11-21(3)22-14-18-30(8)24-12-13-25-27(4,5)26(31)16-17-28(25,6)23(24)15-19-29(22,30)7;1-9-13(16(20)24-3)15(14(10(2)18-9)17(21)25-4)11-7-5-6-8-12(11)19(22)23/h10,21-22,25-26,31H,9,11-19H2,1-8H3;5-8,15,18H,1-4H3. The fourth-order valence-corrected chi connectivity index (χ4v) is 12.4. The molecule has 2 N–H and O–H groups in total. The van der Waals surface area contributed by atoms with Gasteiger partial charge in [0.25, 0.3) is 5.69 Å². The third-order valence-corrected chi connectivity index (χ3v) is 15.7. The normalized spacial score (nSPS) is 31.5. The van der Waals surface area contributed by atoms with Crippen molar-refractivity contribution in [2.45, 2.75) is 145 Å². The number of methoxy groups -OCH3 is 2. The van der Waals surface area contributed by atoms with Crippen LogP contribution in [-0.4, -0.2) is 42.3 Å². The molecule has 0 spiro atoms. The largest absolute Gasteiger partial charge is 0.466 e. The van der Waals surface area contributed by atoms with Gasteiger partial charge in [-0.3, -0.25) is 10.1 Å². The number of rotatable bonds is 8. The maximum Gasteiger partial charge on any atom is 0.336 e. The Morgan fingerprint density at radius 2 is 1.54 bits per heavy atom. The lowest BCUT2D eigenvalue weighted by Gasteiger charge is -2.62. The molecule has 2 saturated carbocycles. The minimum atomic E-state index is -0.970. The van der Waals surface area contributed by atoms with Crippen LogP contribution in [0, 0.1) is 49.5 Å². The van der Waals surface area contributed by atoms with Crippen molar-refractivity contribution in [2.24, 2.45) is 39.4 Å². The fraction of sp³-hybridized carbons (Fsp3) is 0.660. The molecule has 2 fully saturated rings. The second kappa shape index (κ2) is 16.3. The number of esters is 2. The molecule has 1 aliphatic heterocycles. The molecule has 6 rings (SSSR count). The van der Waals surface area contributed by atoms with Gasteiger partial charge in [0.05, 0.1) is 42.3 Å². The molecule has 9 heteroatoms. The van der Waals surface area contributed by atoms with E-state index in [1.54, 1.807) is 19.9 Å². The van der Waals surface area contributed by atoms with E-state index in [4.69, 9.17) is 9.47 Å². The Bertz CT molecular complexity index is 1810. The molecule has 5 aliphatic rings. The predicted molar refractivity (Wildman–Crippen MR) is 221 cm³/mol. The van der Waals surface area contributed by atoms with Crippen molar-refractivity contribution < 1.29 is 29.1 Å². The van der Waals surface area contributed by atoms with E-state index in [0.29, 0.717) is 33.6 Å². The van der Waals surface area contributed by atoms with Gasteiger partial charge >= 0.3 is 11.9 Å². The first kappa shape index (κ1) is 43.4. The van der Waals surface area contributed by atoms with Crippen molar-refractivity contribution >= 4 is 17.6 Å². The number of hydrogen-bond acceptors (Lipinski definition) is 8. The summed E-state index contributed by atoms with van der Waals surface area (Å²) in [4.78, 5) is 35.6. The summed E-state index contributed by atoms with van der Waals surface area (Å²) in [5, 5.41) is 25.2. The fourth-order valence-electron chi connectivity index (χ4n) is 12.4.